The van der Waals surface area contributed by atoms with Crippen LogP contribution in [0.3, 0.4) is 0 Å². The van der Waals surface area contributed by atoms with Crippen molar-refractivity contribution in [2.45, 2.75) is 19.0 Å². The Balaban J connectivity index is 1.86. The first kappa shape index (κ1) is 18.6. The van der Waals surface area contributed by atoms with Gasteiger partial charge in [0.05, 0.1) is 13.7 Å². The topological polar surface area (TPSA) is 67.4 Å². The molecule has 0 aromatic heterocycles. The molecule has 2 aromatic carbocycles. The van der Waals surface area contributed by atoms with Gasteiger partial charge in [-0.3, -0.25) is 4.79 Å². The Hall–Kier alpha value is -2.73. The summed E-state index contributed by atoms with van der Waals surface area (Å²) >= 11 is 0. The van der Waals surface area contributed by atoms with E-state index < -0.39 is 12.0 Å². The van der Waals surface area contributed by atoms with Crippen LogP contribution in [0.1, 0.15) is 11.1 Å². The number of nitrogens with one attached hydrogen (secondary N) is 2. The number of hydrogen-bond acceptors (Lipinski definition) is 4. The zero-order valence-corrected chi connectivity index (χ0v) is 14.0. The third kappa shape index (κ3) is 6.35. The Morgan fingerprint density at radius 3 is 2.36 bits per heavy atom. The molecule has 2 N–H and O–H groups in total. The smallest absolute Gasteiger partial charge is 0.328 e. The quantitative estimate of drug-likeness (QED) is 0.717. The van der Waals surface area contributed by atoms with E-state index in [1.165, 1.54) is 19.2 Å². The fourth-order valence-corrected chi connectivity index (χ4v) is 2.35. The molecule has 6 heteroatoms. The normalized spacial score (nSPS) is 11.6. The van der Waals surface area contributed by atoms with E-state index in [9.17, 15) is 14.0 Å². The first-order valence-corrected chi connectivity index (χ1v) is 7.95. The molecule has 0 aliphatic carbocycles. The maximum absolute atomic E-state index is 13.0. The van der Waals surface area contributed by atoms with Gasteiger partial charge in [-0.15, -0.1) is 0 Å². The molecule has 0 saturated carbocycles. The highest BCUT2D eigenvalue weighted by atomic mass is 19.1. The van der Waals surface area contributed by atoms with Gasteiger partial charge >= 0.3 is 5.97 Å². The molecular formula is C19H21FN2O3. The third-order valence-corrected chi connectivity index (χ3v) is 3.63. The standard InChI is InChI=1S/C19H21FN2O3/c1-25-19(24)17(11-14-7-9-16(20)10-8-14)22-18(23)13-21-12-15-5-3-2-4-6-15/h2-10,17,21H,11-13H2,1H3,(H,22,23)/t17-/m1/s1. The Labute approximate surface area is 146 Å². The lowest BCUT2D eigenvalue weighted by Gasteiger charge is -2.17. The summed E-state index contributed by atoms with van der Waals surface area (Å²) in [6, 6.07) is 14.6. The lowest BCUT2D eigenvalue weighted by Crippen LogP contribution is -2.46. The monoisotopic (exact) mass is 344 g/mol. The second-order valence-corrected chi connectivity index (χ2v) is 5.56. The van der Waals surface area contributed by atoms with E-state index in [4.69, 9.17) is 4.74 Å². The van der Waals surface area contributed by atoms with Gasteiger partial charge < -0.3 is 15.4 Å². The molecule has 0 aliphatic rings. The van der Waals surface area contributed by atoms with E-state index in [0.717, 1.165) is 11.1 Å². The van der Waals surface area contributed by atoms with Crippen LogP contribution in [0.25, 0.3) is 0 Å². The van der Waals surface area contributed by atoms with Crippen LogP contribution in [0.2, 0.25) is 0 Å². The van der Waals surface area contributed by atoms with Crippen LogP contribution in [0.5, 0.6) is 0 Å². The van der Waals surface area contributed by atoms with Crippen molar-refractivity contribution in [3.63, 3.8) is 0 Å². The maximum atomic E-state index is 13.0. The number of carbonyl (C=O) groups excluding carboxylic acids is 2. The van der Waals surface area contributed by atoms with Gasteiger partial charge in [-0.05, 0) is 23.3 Å². The van der Waals surface area contributed by atoms with E-state index >= 15 is 0 Å². The average molecular weight is 344 g/mol. The zero-order valence-electron chi connectivity index (χ0n) is 14.0. The number of rotatable bonds is 8. The van der Waals surface area contributed by atoms with Gasteiger partial charge in [0, 0.05) is 13.0 Å². The van der Waals surface area contributed by atoms with Crippen LogP contribution in [-0.2, 0) is 27.3 Å². The Morgan fingerprint density at radius 1 is 1.04 bits per heavy atom. The van der Waals surface area contributed by atoms with Gasteiger partial charge in [-0.1, -0.05) is 42.5 Å². The highest BCUT2D eigenvalue weighted by Crippen LogP contribution is 2.07. The van der Waals surface area contributed by atoms with Crippen molar-refractivity contribution < 1.29 is 18.7 Å². The minimum absolute atomic E-state index is 0.0752. The van der Waals surface area contributed by atoms with Gasteiger partial charge in [-0.25, -0.2) is 9.18 Å². The van der Waals surface area contributed by atoms with E-state index in [1.807, 2.05) is 30.3 Å². The van der Waals surface area contributed by atoms with Crippen LogP contribution >= 0.6 is 0 Å². The average Bonchev–Trinajstić information content (AvgIpc) is 2.63. The highest BCUT2D eigenvalue weighted by molar-refractivity contribution is 5.85. The molecule has 0 spiro atoms. The lowest BCUT2D eigenvalue weighted by molar-refractivity contribution is -0.144. The predicted octanol–water partition coefficient (Wildman–Crippen LogP) is 1.82. The van der Waals surface area contributed by atoms with E-state index in [2.05, 4.69) is 10.6 Å². The van der Waals surface area contributed by atoms with Crippen molar-refractivity contribution in [2.24, 2.45) is 0 Å². The van der Waals surface area contributed by atoms with Crippen molar-refractivity contribution in [1.29, 1.82) is 0 Å². The summed E-state index contributed by atoms with van der Waals surface area (Å²) < 4.78 is 17.7. The maximum Gasteiger partial charge on any atom is 0.328 e. The van der Waals surface area contributed by atoms with Gasteiger partial charge in [0.25, 0.3) is 0 Å². The summed E-state index contributed by atoms with van der Waals surface area (Å²) in [4.78, 5) is 23.9. The summed E-state index contributed by atoms with van der Waals surface area (Å²) in [5.41, 5.74) is 1.79. The number of halogens is 1. The number of amides is 1. The van der Waals surface area contributed by atoms with Crippen molar-refractivity contribution in [3.05, 3.63) is 71.5 Å². The Bertz CT molecular complexity index is 690. The molecule has 0 bridgehead atoms. The second kappa shape index (κ2) is 9.54. The predicted molar refractivity (Wildman–Crippen MR) is 92.2 cm³/mol. The number of carbonyl (C=O) groups is 2. The Kier molecular flexibility index (Phi) is 7.10. The van der Waals surface area contributed by atoms with Gasteiger partial charge in [0.15, 0.2) is 0 Å². The van der Waals surface area contributed by atoms with Gasteiger partial charge in [0.2, 0.25) is 5.91 Å². The number of methoxy groups -OCH3 is 1. The SMILES string of the molecule is COC(=O)[C@@H](Cc1ccc(F)cc1)NC(=O)CNCc1ccccc1. The third-order valence-electron chi connectivity index (χ3n) is 3.63. The summed E-state index contributed by atoms with van der Waals surface area (Å²) in [7, 11) is 1.26. The van der Waals surface area contributed by atoms with Gasteiger partial charge in [-0.2, -0.15) is 0 Å². The fraction of sp³-hybridized carbons (Fsp3) is 0.263. The molecule has 1 amide bonds. The fourth-order valence-electron chi connectivity index (χ4n) is 2.35. The molecule has 2 rings (SSSR count). The Morgan fingerprint density at radius 2 is 1.72 bits per heavy atom. The summed E-state index contributed by atoms with van der Waals surface area (Å²) in [5.74, 6) is -1.21. The van der Waals surface area contributed by atoms with E-state index in [-0.39, 0.29) is 24.7 Å². The highest BCUT2D eigenvalue weighted by Gasteiger charge is 2.21. The first-order valence-electron chi connectivity index (χ1n) is 7.95. The second-order valence-electron chi connectivity index (χ2n) is 5.56. The molecule has 0 unspecified atom stereocenters. The number of esters is 1. The molecule has 132 valence electrons. The van der Waals surface area contributed by atoms with Gasteiger partial charge in [0.1, 0.15) is 11.9 Å². The molecule has 0 fully saturated rings. The molecule has 0 radical (unpaired) electrons. The van der Waals surface area contributed by atoms with Crippen LogP contribution in [0, 0.1) is 5.82 Å². The number of benzene rings is 2. The minimum atomic E-state index is -0.818. The largest absolute Gasteiger partial charge is 0.467 e. The molecule has 0 aliphatic heterocycles. The number of ether oxygens (including phenoxy) is 1. The van der Waals surface area contributed by atoms with Crippen LogP contribution in [-0.4, -0.2) is 31.6 Å². The summed E-state index contributed by atoms with van der Waals surface area (Å²) in [6.45, 7) is 0.626. The molecular weight excluding hydrogens is 323 g/mol. The first-order chi connectivity index (χ1) is 12.1. The molecule has 5 nitrogen and oxygen atoms in total. The summed E-state index contributed by atoms with van der Waals surface area (Å²) in [5, 5.41) is 5.67. The molecule has 0 saturated heterocycles. The van der Waals surface area contributed by atoms with Crippen LogP contribution in [0.4, 0.5) is 4.39 Å². The summed E-state index contributed by atoms with van der Waals surface area (Å²) in [6.07, 6.45) is 0.234. The van der Waals surface area contributed by atoms with E-state index in [1.54, 1.807) is 12.1 Å². The molecule has 2 aromatic rings. The number of hydrogen-bond donors (Lipinski definition) is 2. The molecule has 1 atom stereocenters. The van der Waals surface area contributed by atoms with Crippen molar-refractivity contribution >= 4 is 11.9 Å². The molecule has 25 heavy (non-hydrogen) atoms. The van der Waals surface area contributed by atoms with E-state index in [0.29, 0.717) is 6.54 Å². The van der Waals surface area contributed by atoms with Crippen molar-refractivity contribution in [2.75, 3.05) is 13.7 Å². The molecule has 0 heterocycles. The minimum Gasteiger partial charge on any atom is -0.467 e. The van der Waals surface area contributed by atoms with Crippen LogP contribution < -0.4 is 10.6 Å². The lowest BCUT2D eigenvalue weighted by atomic mass is 10.1. The van der Waals surface area contributed by atoms with Crippen molar-refractivity contribution in [1.82, 2.24) is 10.6 Å². The van der Waals surface area contributed by atoms with Crippen LogP contribution in [0.15, 0.2) is 54.6 Å². The zero-order chi connectivity index (χ0) is 18.1. The van der Waals surface area contributed by atoms with Crippen molar-refractivity contribution in [3.8, 4) is 0 Å².